The van der Waals surface area contributed by atoms with Gasteiger partial charge in [-0.1, -0.05) is 16.8 Å². The van der Waals surface area contributed by atoms with Crippen molar-refractivity contribution in [2.45, 2.75) is 19.4 Å². The van der Waals surface area contributed by atoms with Crippen LogP contribution in [0.15, 0.2) is 47.4 Å². The predicted octanol–water partition coefficient (Wildman–Crippen LogP) is 3.36. The van der Waals surface area contributed by atoms with E-state index in [4.69, 9.17) is 25.6 Å². The smallest absolute Gasteiger partial charge is 0.263 e. The summed E-state index contributed by atoms with van der Waals surface area (Å²) in [4.78, 5) is 25.3. The molecule has 34 heavy (non-hydrogen) atoms. The standard InChI is InChI=1S/C22H20ClN7O4/c1-3-33-20-13(5-4-7-24-20)21-27-19(28-34-21)16-6-10-29(16)22(31)14-11-18(32-2)15(23)12-17(14)30-25-8-9-26-30/h4-5,7-9,11-12,16H,3,6,10H2,1-2H3. The van der Waals surface area contributed by atoms with Gasteiger partial charge in [0, 0.05) is 12.7 Å². The Kier molecular flexibility index (Phi) is 5.84. The van der Waals surface area contributed by atoms with Gasteiger partial charge in [-0.2, -0.15) is 20.0 Å². The van der Waals surface area contributed by atoms with E-state index < -0.39 is 0 Å². The minimum atomic E-state index is -0.350. The summed E-state index contributed by atoms with van der Waals surface area (Å²) in [6, 6.07) is 6.40. The van der Waals surface area contributed by atoms with E-state index in [2.05, 4.69) is 25.3 Å². The van der Waals surface area contributed by atoms with Crippen LogP contribution in [0.3, 0.4) is 0 Å². The molecule has 0 aliphatic carbocycles. The number of amides is 1. The summed E-state index contributed by atoms with van der Waals surface area (Å²) in [5.74, 6) is 1.22. The van der Waals surface area contributed by atoms with Gasteiger partial charge in [0.05, 0.1) is 42.7 Å². The molecular formula is C22H20ClN7O4. The van der Waals surface area contributed by atoms with Crippen molar-refractivity contribution < 1.29 is 18.8 Å². The van der Waals surface area contributed by atoms with Crippen molar-refractivity contribution in [1.29, 1.82) is 0 Å². The molecule has 0 N–H and O–H groups in total. The van der Waals surface area contributed by atoms with Gasteiger partial charge in [-0.3, -0.25) is 4.79 Å². The third-order valence-electron chi connectivity index (χ3n) is 5.44. The van der Waals surface area contributed by atoms with Crippen LogP contribution in [0.4, 0.5) is 0 Å². The largest absolute Gasteiger partial charge is 0.495 e. The second-order valence-corrected chi connectivity index (χ2v) is 7.78. The molecule has 4 aromatic rings. The highest BCUT2D eigenvalue weighted by atomic mass is 35.5. The zero-order chi connectivity index (χ0) is 23.7. The van der Waals surface area contributed by atoms with Crippen molar-refractivity contribution in [2.75, 3.05) is 20.3 Å². The van der Waals surface area contributed by atoms with Crippen molar-refractivity contribution in [2.24, 2.45) is 0 Å². The van der Waals surface area contributed by atoms with Gasteiger partial charge < -0.3 is 18.9 Å². The maximum absolute atomic E-state index is 13.6. The number of ether oxygens (including phenoxy) is 2. The van der Waals surface area contributed by atoms with Crippen molar-refractivity contribution >= 4 is 17.5 Å². The van der Waals surface area contributed by atoms with Gasteiger partial charge >= 0.3 is 0 Å². The minimum absolute atomic E-state index is 0.249. The number of likely N-dealkylation sites (tertiary alicyclic amines) is 1. The molecule has 12 heteroatoms. The van der Waals surface area contributed by atoms with Gasteiger partial charge in [0.25, 0.3) is 11.8 Å². The van der Waals surface area contributed by atoms with Crippen molar-refractivity contribution in [1.82, 2.24) is 35.0 Å². The molecule has 1 atom stereocenters. The van der Waals surface area contributed by atoms with E-state index in [1.165, 1.54) is 24.3 Å². The molecule has 3 aromatic heterocycles. The Hall–Kier alpha value is -3.99. The fourth-order valence-corrected chi connectivity index (χ4v) is 3.95. The van der Waals surface area contributed by atoms with Gasteiger partial charge in [0.15, 0.2) is 5.82 Å². The first kappa shape index (κ1) is 21.8. The van der Waals surface area contributed by atoms with Gasteiger partial charge in [0.2, 0.25) is 5.88 Å². The first-order chi connectivity index (χ1) is 16.6. The molecule has 1 saturated heterocycles. The summed E-state index contributed by atoms with van der Waals surface area (Å²) in [6.07, 6.45) is 5.37. The average Bonchev–Trinajstić information content (AvgIpc) is 3.51. The molecule has 1 aliphatic rings. The summed E-state index contributed by atoms with van der Waals surface area (Å²) in [7, 11) is 1.49. The summed E-state index contributed by atoms with van der Waals surface area (Å²) < 4.78 is 16.4. The van der Waals surface area contributed by atoms with E-state index in [0.29, 0.717) is 58.9 Å². The number of rotatable bonds is 7. The van der Waals surface area contributed by atoms with Crippen molar-refractivity contribution in [3.8, 4) is 28.8 Å². The Labute approximate surface area is 199 Å². The first-order valence-corrected chi connectivity index (χ1v) is 11.0. The molecule has 1 aromatic carbocycles. The number of pyridine rings is 1. The van der Waals surface area contributed by atoms with E-state index in [-0.39, 0.29) is 17.8 Å². The van der Waals surface area contributed by atoms with E-state index in [0.717, 1.165) is 0 Å². The molecule has 0 radical (unpaired) electrons. The number of carbonyl (C=O) groups is 1. The number of hydrogen-bond acceptors (Lipinski definition) is 9. The summed E-state index contributed by atoms with van der Waals surface area (Å²) >= 11 is 6.30. The number of nitrogens with zero attached hydrogens (tertiary/aromatic N) is 7. The number of aromatic nitrogens is 6. The summed E-state index contributed by atoms with van der Waals surface area (Å²) in [5, 5.41) is 12.8. The monoisotopic (exact) mass is 481 g/mol. The quantitative estimate of drug-likeness (QED) is 0.391. The zero-order valence-electron chi connectivity index (χ0n) is 18.4. The van der Waals surface area contributed by atoms with Crippen LogP contribution in [0.5, 0.6) is 11.6 Å². The molecule has 174 valence electrons. The molecule has 0 bridgehead atoms. The van der Waals surface area contributed by atoms with E-state index in [1.54, 1.807) is 35.4 Å². The van der Waals surface area contributed by atoms with Crippen LogP contribution in [0.1, 0.15) is 35.6 Å². The van der Waals surface area contributed by atoms with E-state index in [9.17, 15) is 4.79 Å². The molecule has 11 nitrogen and oxygen atoms in total. The fraction of sp³-hybridized carbons (Fsp3) is 0.273. The van der Waals surface area contributed by atoms with E-state index in [1.807, 2.05) is 6.92 Å². The predicted molar refractivity (Wildman–Crippen MR) is 120 cm³/mol. The number of halogens is 1. The van der Waals surface area contributed by atoms with Crippen molar-refractivity contribution in [3.63, 3.8) is 0 Å². The SMILES string of the molecule is CCOc1ncccc1-c1nc(C2CCN2C(=O)c2cc(OC)c(Cl)cc2-n2nccn2)no1. The summed E-state index contributed by atoms with van der Waals surface area (Å²) in [6.45, 7) is 2.85. The van der Waals surface area contributed by atoms with Crippen LogP contribution >= 0.6 is 11.6 Å². The normalized spacial score (nSPS) is 15.1. The van der Waals surface area contributed by atoms with Crippen LogP contribution in [0.2, 0.25) is 5.02 Å². The van der Waals surface area contributed by atoms with Gasteiger partial charge in [-0.25, -0.2) is 4.98 Å². The molecule has 1 aliphatic heterocycles. The van der Waals surface area contributed by atoms with Crippen LogP contribution in [-0.2, 0) is 0 Å². The molecule has 1 fully saturated rings. The third-order valence-corrected chi connectivity index (χ3v) is 5.73. The maximum atomic E-state index is 13.6. The van der Waals surface area contributed by atoms with Gasteiger partial charge in [-0.05, 0) is 37.6 Å². The lowest BCUT2D eigenvalue weighted by Crippen LogP contribution is -2.45. The minimum Gasteiger partial charge on any atom is -0.495 e. The summed E-state index contributed by atoms with van der Waals surface area (Å²) in [5.41, 5.74) is 1.38. The van der Waals surface area contributed by atoms with Crippen LogP contribution in [-0.4, -0.2) is 61.2 Å². The van der Waals surface area contributed by atoms with Gasteiger partial charge in [-0.15, -0.1) is 0 Å². The zero-order valence-corrected chi connectivity index (χ0v) is 19.1. The Morgan fingerprint density at radius 2 is 2.09 bits per heavy atom. The highest BCUT2D eigenvalue weighted by molar-refractivity contribution is 6.32. The lowest BCUT2D eigenvalue weighted by molar-refractivity contribution is 0.0435. The van der Waals surface area contributed by atoms with Crippen molar-refractivity contribution in [3.05, 3.63) is 59.3 Å². The number of carbonyl (C=O) groups excluding carboxylic acids is 1. The van der Waals surface area contributed by atoms with Crippen LogP contribution in [0, 0.1) is 0 Å². The number of hydrogen-bond donors (Lipinski definition) is 0. The molecular weight excluding hydrogens is 462 g/mol. The van der Waals surface area contributed by atoms with Gasteiger partial charge in [0.1, 0.15) is 17.0 Å². The molecule has 1 unspecified atom stereocenters. The number of benzene rings is 1. The molecule has 1 amide bonds. The van der Waals surface area contributed by atoms with Crippen LogP contribution in [0.25, 0.3) is 17.1 Å². The fourth-order valence-electron chi connectivity index (χ4n) is 3.71. The molecule has 0 saturated carbocycles. The molecule has 4 heterocycles. The maximum Gasteiger partial charge on any atom is 0.263 e. The highest BCUT2D eigenvalue weighted by Gasteiger charge is 2.39. The van der Waals surface area contributed by atoms with E-state index >= 15 is 0 Å². The van der Waals surface area contributed by atoms with Crippen LogP contribution < -0.4 is 9.47 Å². The first-order valence-electron chi connectivity index (χ1n) is 10.6. The Balaban J connectivity index is 1.45. The Morgan fingerprint density at radius 1 is 1.26 bits per heavy atom. The Morgan fingerprint density at radius 3 is 2.79 bits per heavy atom. The molecule has 5 rings (SSSR count). The highest BCUT2D eigenvalue weighted by Crippen LogP contribution is 2.37. The average molecular weight is 482 g/mol. The lowest BCUT2D eigenvalue weighted by Gasteiger charge is -2.39. The Bertz CT molecular complexity index is 1320. The lowest BCUT2D eigenvalue weighted by atomic mass is 9.99. The molecule has 0 spiro atoms. The second kappa shape index (κ2) is 9.10. The topological polar surface area (TPSA) is 121 Å². The number of methoxy groups -OCH3 is 1. The second-order valence-electron chi connectivity index (χ2n) is 7.37. The third kappa shape index (κ3) is 3.83.